The number of hydrogen-bond donors (Lipinski definition) is 1. The third-order valence-corrected chi connectivity index (χ3v) is 5.45. The van der Waals surface area contributed by atoms with Gasteiger partial charge < -0.3 is 14.2 Å². The average molecular weight is 455 g/mol. The molecule has 2 aromatic heterocycles. The zero-order chi connectivity index (χ0) is 22.8. The van der Waals surface area contributed by atoms with E-state index < -0.39 is 16.5 Å². The molecule has 4 rings (SSSR count). The number of nitro groups is 1. The van der Waals surface area contributed by atoms with Crippen molar-refractivity contribution >= 4 is 33.8 Å². The van der Waals surface area contributed by atoms with Crippen molar-refractivity contribution in [3.8, 4) is 28.5 Å². The van der Waals surface area contributed by atoms with E-state index in [4.69, 9.17) is 14.2 Å². The summed E-state index contributed by atoms with van der Waals surface area (Å²) in [6.07, 6.45) is 0. The molecule has 0 atom stereocenters. The maximum atomic E-state index is 12.8. The molecule has 32 heavy (non-hydrogen) atoms. The number of rotatable bonds is 7. The molecular weight excluding hydrogens is 438 g/mol. The van der Waals surface area contributed by atoms with E-state index in [9.17, 15) is 14.9 Å². The first-order chi connectivity index (χ1) is 15.4. The quantitative estimate of drug-likeness (QED) is 0.330. The Morgan fingerprint density at radius 3 is 2.41 bits per heavy atom. The van der Waals surface area contributed by atoms with Gasteiger partial charge in [0.25, 0.3) is 17.5 Å². The van der Waals surface area contributed by atoms with E-state index >= 15 is 0 Å². The number of nitrogens with zero attached hydrogens (tertiary/aromatic N) is 4. The van der Waals surface area contributed by atoms with Gasteiger partial charge in [0.1, 0.15) is 11.3 Å². The number of carbonyl (C=O) groups is 1. The molecule has 0 aliphatic rings. The lowest BCUT2D eigenvalue weighted by Crippen LogP contribution is -2.15. The van der Waals surface area contributed by atoms with Crippen molar-refractivity contribution < 1.29 is 23.9 Å². The predicted molar refractivity (Wildman–Crippen MR) is 117 cm³/mol. The molecule has 1 N–H and O–H groups in total. The Balaban J connectivity index is 1.66. The molecule has 0 bridgehead atoms. The number of nitro benzene ring substituents is 1. The Labute approximate surface area is 185 Å². The van der Waals surface area contributed by atoms with Crippen molar-refractivity contribution in [1.29, 1.82) is 0 Å². The molecule has 2 aromatic carbocycles. The van der Waals surface area contributed by atoms with Crippen molar-refractivity contribution in [3.05, 3.63) is 57.5 Å². The molecule has 0 unspecified atom stereocenters. The number of amides is 1. The molecule has 0 saturated carbocycles. The number of thiazole rings is 1. The fraction of sp³-hybridized carbons (Fsp3) is 0.150. The van der Waals surface area contributed by atoms with Crippen LogP contribution in [-0.4, -0.2) is 46.8 Å². The van der Waals surface area contributed by atoms with E-state index in [1.807, 2.05) is 29.6 Å². The number of nitrogens with one attached hydrogen (secondary N) is 1. The van der Waals surface area contributed by atoms with Gasteiger partial charge in [-0.15, -0.1) is 16.4 Å². The first-order valence-electron chi connectivity index (χ1n) is 9.15. The van der Waals surface area contributed by atoms with Crippen LogP contribution >= 0.6 is 11.3 Å². The number of methoxy groups -OCH3 is 3. The minimum atomic E-state index is -0.748. The summed E-state index contributed by atoms with van der Waals surface area (Å²) in [4.78, 5) is 28.5. The van der Waals surface area contributed by atoms with Crippen LogP contribution in [-0.2, 0) is 0 Å². The van der Waals surface area contributed by atoms with E-state index in [1.165, 1.54) is 31.6 Å². The SMILES string of the molecule is COc1ccc(-c2csc3nc(NC(=O)c4cc(OC)c(OC)cc4[N+](=O)[O-])nn23)cc1. The summed E-state index contributed by atoms with van der Waals surface area (Å²) in [7, 11) is 4.31. The minimum absolute atomic E-state index is 0.0145. The highest BCUT2D eigenvalue weighted by Gasteiger charge is 2.25. The normalized spacial score (nSPS) is 10.7. The lowest BCUT2D eigenvalue weighted by molar-refractivity contribution is -0.385. The van der Waals surface area contributed by atoms with Crippen LogP contribution in [0.4, 0.5) is 11.6 Å². The van der Waals surface area contributed by atoms with E-state index in [0.717, 1.165) is 23.1 Å². The van der Waals surface area contributed by atoms with Gasteiger partial charge in [-0.25, -0.2) is 4.52 Å². The molecule has 12 heteroatoms. The van der Waals surface area contributed by atoms with Gasteiger partial charge in [-0.1, -0.05) is 0 Å². The Kier molecular flexibility index (Phi) is 5.60. The first-order valence-corrected chi connectivity index (χ1v) is 10.0. The fourth-order valence-corrected chi connectivity index (χ4v) is 3.90. The van der Waals surface area contributed by atoms with Crippen LogP contribution < -0.4 is 19.5 Å². The van der Waals surface area contributed by atoms with Crippen LogP contribution in [0, 0.1) is 10.1 Å². The maximum Gasteiger partial charge on any atom is 0.286 e. The lowest BCUT2D eigenvalue weighted by atomic mass is 10.1. The van der Waals surface area contributed by atoms with Crippen LogP contribution in [0.25, 0.3) is 16.2 Å². The van der Waals surface area contributed by atoms with Gasteiger partial charge in [-0.05, 0) is 24.3 Å². The molecule has 0 saturated heterocycles. The van der Waals surface area contributed by atoms with Crippen molar-refractivity contribution in [2.45, 2.75) is 0 Å². The summed E-state index contributed by atoms with van der Waals surface area (Å²) in [6.45, 7) is 0. The van der Waals surface area contributed by atoms with Gasteiger partial charge >= 0.3 is 0 Å². The first kappa shape index (κ1) is 21.1. The third-order valence-electron chi connectivity index (χ3n) is 4.64. The second-order valence-corrected chi connectivity index (χ2v) is 7.25. The number of carbonyl (C=O) groups excluding carboxylic acids is 1. The van der Waals surface area contributed by atoms with Crippen molar-refractivity contribution in [3.63, 3.8) is 0 Å². The monoisotopic (exact) mass is 455 g/mol. The topological polar surface area (TPSA) is 130 Å². The smallest absolute Gasteiger partial charge is 0.286 e. The molecule has 0 spiro atoms. The molecule has 2 heterocycles. The highest BCUT2D eigenvalue weighted by atomic mass is 32.1. The van der Waals surface area contributed by atoms with E-state index in [1.54, 1.807) is 11.6 Å². The van der Waals surface area contributed by atoms with Gasteiger partial charge in [-0.2, -0.15) is 4.98 Å². The molecule has 0 fully saturated rings. The Bertz CT molecular complexity index is 1310. The van der Waals surface area contributed by atoms with E-state index in [0.29, 0.717) is 4.96 Å². The summed E-state index contributed by atoms with van der Waals surface area (Å²) in [5, 5.41) is 20.2. The number of anilines is 1. The highest BCUT2D eigenvalue weighted by Crippen LogP contribution is 2.35. The molecule has 4 aromatic rings. The summed E-state index contributed by atoms with van der Waals surface area (Å²) < 4.78 is 17.0. The van der Waals surface area contributed by atoms with Crippen LogP contribution in [0.1, 0.15) is 10.4 Å². The number of benzene rings is 2. The molecule has 0 radical (unpaired) electrons. The second kappa shape index (κ2) is 8.51. The Morgan fingerprint density at radius 1 is 1.09 bits per heavy atom. The van der Waals surface area contributed by atoms with Gasteiger partial charge in [0, 0.05) is 17.0 Å². The molecule has 0 aliphatic heterocycles. The molecular formula is C20H17N5O6S. The largest absolute Gasteiger partial charge is 0.497 e. The number of aromatic nitrogens is 3. The standard InChI is InChI=1S/C20H17N5O6S/c1-29-12-6-4-11(5-7-12)15-10-32-20-22-19(23-24(15)20)21-18(26)13-8-16(30-2)17(31-3)9-14(13)25(27)28/h4-10H,1-3H3,(H,21,23,26). The van der Waals surface area contributed by atoms with Gasteiger partial charge in [-0.3, -0.25) is 20.2 Å². The zero-order valence-corrected chi connectivity index (χ0v) is 18.0. The Hall–Kier alpha value is -4.19. The molecule has 164 valence electrons. The van der Waals surface area contributed by atoms with Crippen molar-refractivity contribution in [1.82, 2.24) is 14.6 Å². The predicted octanol–water partition coefficient (Wildman–Crippen LogP) is 3.64. The third kappa shape index (κ3) is 3.78. The summed E-state index contributed by atoms with van der Waals surface area (Å²) >= 11 is 1.34. The lowest BCUT2D eigenvalue weighted by Gasteiger charge is -2.10. The number of ether oxygens (including phenoxy) is 3. The molecule has 11 nitrogen and oxygen atoms in total. The van der Waals surface area contributed by atoms with Crippen LogP contribution in [0.2, 0.25) is 0 Å². The van der Waals surface area contributed by atoms with Gasteiger partial charge in [0.2, 0.25) is 4.96 Å². The van der Waals surface area contributed by atoms with Crippen molar-refractivity contribution in [2.75, 3.05) is 26.6 Å². The summed E-state index contributed by atoms with van der Waals surface area (Å²) in [5.41, 5.74) is 1.02. The van der Waals surface area contributed by atoms with Crippen molar-refractivity contribution in [2.24, 2.45) is 0 Å². The van der Waals surface area contributed by atoms with Gasteiger partial charge in [0.05, 0.1) is 38.0 Å². The molecule has 0 aliphatic carbocycles. The van der Waals surface area contributed by atoms with E-state index in [-0.39, 0.29) is 23.0 Å². The van der Waals surface area contributed by atoms with E-state index in [2.05, 4.69) is 15.4 Å². The fourth-order valence-electron chi connectivity index (χ4n) is 3.06. The molecule has 1 amide bonds. The van der Waals surface area contributed by atoms with Crippen LogP contribution in [0.15, 0.2) is 41.8 Å². The van der Waals surface area contributed by atoms with Crippen LogP contribution in [0.5, 0.6) is 17.2 Å². The maximum absolute atomic E-state index is 12.8. The Morgan fingerprint density at radius 2 is 1.78 bits per heavy atom. The van der Waals surface area contributed by atoms with Crippen LogP contribution in [0.3, 0.4) is 0 Å². The second-order valence-electron chi connectivity index (χ2n) is 6.41. The van der Waals surface area contributed by atoms with Gasteiger partial charge in [0.15, 0.2) is 11.5 Å². The summed E-state index contributed by atoms with van der Waals surface area (Å²) in [5.74, 6) is 0.315. The number of fused-ring (bicyclic) bond motifs is 1. The zero-order valence-electron chi connectivity index (χ0n) is 17.2. The minimum Gasteiger partial charge on any atom is -0.497 e. The average Bonchev–Trinajstić information content (AvgIpc) is 3.38. The number of hydrogen-bond acceptors (Lipinski definition) is 9. The highest BCUT2D eigenvalue weighted by molar-refractivity contribution is 7.15. The summed E-state index contributed by atoms with van der Waals surface area (Å²) in [6, 6.07) is 9.80.